The first-order valence-electron chi connectivity index (χ1n) is 4.76. The third-order valence-corrected chi connectivity index (χ3v) is 1.93. The quantitative estimate of drug-likeness (QED) is 0.798. The molecule has 76 valence electrons. The summed E-state index contributed by atoms with van der Waals surface area (Å²) < 4.78 is 0. The third-order valence-electron chi connectivity index (χ3n) is 1.93. The molecule has 1 aromatic heterocycles. The highest BCUT2D eigenvalue weighted by Crippen LogP contribution is 2.14. The van der Waals surface area contributed by atoms with Crippen molar-refractivity contribution in [2.24, 2.45) is 0 Å². The smallest absolute Gasteiger partial charge is 0.225 e. The van der Waals surface area contributed by atoms with Crippen LogP contribution in [0, 0.1) is 0 Å². The van der Waals surface area contributed by atoms with Crippen LogP contribution in [0.15, 0.2) is 12.3 Å². The molecule has 1 heterocycles. The Kier molecular flexibility index (Phi) is 3.56. The summed E-state index contributed by atoms with van der Waals surface area (Å²) >= 11 is 0. The number of hydrogen-bond acceptors (Lipinski definition) is 3. The van der Waals surface area contributed by atoms with Gasteiger partial charge in [0, 0.05) is 6.42 Å². The molecular weight excluding hydrogens is 178 g/mol. The number of aromatic nitrogens is 2. The summed E-state index contributed by atoms with van der Waals surface area (Å²) in [5.41, 5.74) is 1.08. The predicted octanol–water partition coefficient (Wildman–Crippen LogP) is 1.95. The van der Waals surface area contributed by atoms with E-state index in [0.29, 0.717) is 18.2 Å². The molecule has 1 amide bonds. The molecule has 4 heteroatoms. The summed E-state index contributed by atoms with van der Waals surface area (Å²) in [7, 11) is 0. The average molecular weight is 193 g/mol. The van der Waals surface area contributed by atoms with Crippen LogP contribution in [0.1, 0.15) is 38.7 Å². The first-order chi connectivity index (χ1) is 6.63. The number of nitrogens with one attached hydrogen (secondary N) is 1. The van der Waals surface area contributed by atoms with E-state index >= 15 is 0 Å². The summed E-state index contributed by atoms with van der Waals surface area (Å²) in [4.78, 5) is 11.1. The summed E-state index contributed by atoms with van der Waals surface area (Å²) in [6, 6.07) is 1.85. The fraction of sp³-hybridized carbons (Fsp3) is 0.500. The molecule has 1 N–H and O–H groups in total. The maximum Gasteiger partial charge on any atom is 0.225 e. The maximum absolute atomic E-state index is 11.1. The lowest BCUT2D eigenvalue weighted by Gasteiger charge is -2.06. The number of anilines is 1. The van der Waals surface area contributed by atoms with Crippen molar-refractivity contribution in [3.05, 3.63) is 17.8 Å². The Morgan fingerprint density at radius 2 is 2.29 bits per heavy atom. The van der Waals surface area contributed by atoms with Gasteiger partial charge < -0.3 is 5.32 Å². The van der Waals surface area contributed by atoms with Crippen molar-refractivity contribution in [3.8, 4) is 0 Å². The number of rotatable bonds is 3. The van der Waals surface area contributed by atoms with Crippen LogP contribution in [0.5, 0.6) is 0 Å². The molecule has 0 aliphatic rings. The van der Waals surface area contributed by atoms with Gasteiger partial charge >= 0.3 is 0 Å². The van der Waals surface area contributed by atoms with Crippen LogP contribution in [-0.2, 0) is 4.79 Å². The SMILES string of the molecule is CCC(=O)Nc1cc(C(C)C)cnn1. The lowest BCUT2D eigenvalue weighted by atomic mass is 10.1. The monoisotopic (exact) mass is 193 g/mol. The zero-order valence-electron chi connectivity index (χ0n) is 8.74. The summed E-state index contributed by atoms with van der Waals surface area (Å²) in [5.74, 6) is 0.881. The Labute approximate surface area is 83.7 Å². The zero-order valence-corrected chi connectivity index (χ0v) is 8.74. The van der Waals surface area contributed by atoms with E-state index in [1.165, 1.54) is 0 Å². The van der Waals surface area contributed by atoms with Crippen molar-refractivity contribution in [2.75, 3.05) is 5.32 Å². The molecule has 0 aliphatic heterocycles. The second-order valence-corrected chi connectivity index (χ2v) is 3.43. The minimum absolute atomic E-state index is 0.0415. The van der Waals surface area contributed by atoms with Crippen LogP contribution in [0.3, 0.4) is 0 Å². The molecule has 0 bridgehead atoms. The first-order valence-corrected chi connectivity index (χ1v) is 4.76. The third kappa shape index (κ3) is 2.80. The molecule has 0 unspecified atom stereocenters. The van der Waals surface area contributed by atoms with Crippen LogP contribution in [0.2, 0.25) is 0 Å². The number of amides is 1. The molecule has 0 aliphatic carbocycles. The standard InChI is InChI=1S/C10H15N3O/c1-4-10(14)12-9-5-8(7(2)3)6-11-13-9/h5-7H,4H2,1-3H3,(H,12,13,14). The molecule has 0 radical (unpaired) electrons. The van der Waals surface area contributed by atoms with Crippen molar-refractivity contribution < 1.29 is 4.79 Å². The van der Waals surface area contributed by atoms with E-state index in [-0.39, 0.29) is 5.91 Å². The topological polar surface area (TPSA) is 54.9 Å². The van der Waals surface area contributed by atoms with Gasteiger partial charge in [-0.3, -0.25) is 4.79 Å². The Bertz CT molecular complexity index is 323. The van der Waals surface area contributed by atoms with Gasteiger partial charge in [0.05, 0.1) is 6.20 Å². The largest absolute Gasteiger partial charge is 0.309 e. The highest BCUT2D eigenvalue weighted by molar-refractivity contribution is 5.89. The number of carbonyl (C=O) groups excluding carboxylic acids is 1. The van der Waals surface area contributed by atoms with Crippen molar-refractivity contribution in [2.45, 2.75) is 33.1 Å². The molecule has 14 heavy (non-hydrogen) atoms. The van der Waals surface area contributed by atoms with Gasteiger partial charge in [-0.1, -0.05) is 20.8 Å². The highest BCUT2D eigenvalue weighted by Gasteiger charge is 2.04. The van der Waals surface area contributed by atoms with Gasteiger partial charge in [0.15, 0.2) is 5.82 Å². The van der Waals surface area contributed by atoms with Gasteiger partial charge in [-0.25, -0.2) is 0 Å². The molecule has 0 atom stereocenters. The molecule has 0 saturated heterocycles. The van der Waals surface area contributed by atoms with Crippen molar-refractivity contribution in [1.82, 2.24) is 10.2 Å². The molecule has 0 spiro atoms. The molecule has 1 rings (SSSR count). The highest BCUT2D eigenvalue weighted by atomic mass is 16.1. The van der Waals surface area contributed by atoms with Crippen molar-refractivity contribution >= 4 is 11.7 Å². The number of nitrogens with zero attached hydrogens (tertiary/aromatic N) is 2. The van der Waals surface area contributed by atoms with Gasteiger partial charge in [0.25, 0.3) is 0 Å². The Hall–Kier alpha value is -1.45. The van der Waals surface area contributed by atoms with Gasteiger partial charge in [-0.2, -0.15) is 5.10 Å². The Balaban J connectivity index is 2.78. The fourth-order valence-electron chi connectivity index (χ4n) is 0.990. The minimum Gasteiger partial charge on any atom is -0.309 e. The summed E-state index contributed by atoms with van der Waals surface area (Å²) in [6.45, 7) is 5.94. The zero-order chi connectivity index (χ0) is 10.6. The van der Waals surface area contributed by atoms with E-state index in [1.807, 2.05) is 6.07 Å². The lowest BCUT2D eigenvalue weighted by Crippen LogP contribution is -2.11. The Morgan fingerprint density at radius 1 is 1.57 bits per heavy atom. The number of carbonyl (C=O) groups is 1. The molecule has 0 saturated carbocycles. The predicted molar refractivity (Wildman–Crippen MR) is 55.0 cm³/mol. The second-order valence-electron chi connectivity index (χ2n) is 3.43. The van der Waals surface area contributed by atoms with E-state index in [0.717, 1.165) is 5.56 Å². The normalized spacial score (nSPS) is 10.3. The van der Waals surface area contributed by atoms with Crippen LogP contribution < -0.4 is 5.32 Å². The molecule has 0 aromatic carbocycles. The van der Waals surface area contributed by atoms with Gasteiger partial charge in [-0.15, -0.1) is 5.10 Å². The van der Waals surface area contributed by atoms with E-state index in [1.54, 1.807) is 13.1 Å². The number of hydrogen-bond donors (Lipinski definition) is 1. The lowest BCUT2D eigenvalue weighted by molar-refractivity contribution is -0.115. The van der Waals surface area contributed by atoms with Gasteiger partial charge in [-0.05, 0) is 17.5 Å². The fourth-order valence-corrected chi connectivity index (χ4v) is 0.990. The summed E-state index contributed by atoms with van der Waals surface area (Å²) in [6.07, 6.45) is 2.17. The Morgan fingerprint density at radius 3 is 2.86 bits per heavy atom. The van der Waals surface area contributed by atoms with E-state index < -0.39 is 0 Å². The minimum atomic E-state index is -0.0415. The molecule has 1 aromatic rings. The van der Waals surface area contributed by atoms with Crippen LogP contribution >= 0.6 is 0 Å². The molecule has 0 fully saturated rings. The summed E-state index contributed by atoms with van der Waals surface area (Å²) in [5, 5.41) is 10.3. The van der Waals surface area contributed by atoms with Crippen molar-refractivity contribution in [1.29, 1.82) is 0 Å². The van der Waals surface area contributed by atoms with Crippen LogP contribution in [-0.4, -0.2) is 16.1 Å². The average Bonchev–Trinajstić information content (AvgIpc) is 2.18. The molecule has 4 nitrogen and oxygen atoms in total. The van der Waals surface area contributed by atoms with E-state index in [9.17, 15) is 4.79 Å². The van der Waals surface area contributed by atoms with Crippen LogP contribution in [0.25, 0.3) is 0 Å². The maximum atomic E-state index is 11.1. The second kappa shape index (κ2) is 4.69. The van der Waals surface area contributed by atoms with Gasteiger partial charge in [0.2, 0.25) is 5.91 Å². The first kappa shape index (κ1) is 10.6. The van der Waals surface area contributed by atoms with Crippen LogP contribution in [0.4, 0.5) is 5.82 Å². The molecular formula is C10H15N3O. The van der Waals surface area contributed by atoms with Gasteiger partial charge in [0.1, 0.15) is 0 Å². The van der Waals surface area contributed by atoms with E-state index in [4.69, 9.17) is 0 Å². The van der Waals surface area contributed by atoms with E-state index in [2.05, 4.69) is 29.4 Å². The van der Waals surface area contributed by atoms with Crippen molar-refractivity contribution in [3.63, 3.8) is 0 Å².